The first-order valence-electron chi connectivity index (χ1n) is 10.2. The van der Waals surface area contributed by atoms with E-state index < -0.39 is 0 Å². The van der Waals surface area contributed by atoms with Crippen LogP contribution in [-0.2, 0) is 6.42 Å². The lowest BCUT2D eigenvalue weighted by Gasteiger charge is -2.21. The van der Waals surface area contributed by atoms with Crippen LogP contribution in [0.4, 0.5) is 0 Å². The van der Waals surface area contributed by atoms with Crippen LogP contribution in [0.3, 0.4) is 0 Å². The van der Waals surface area contributed by atoms with E-state index in [9.17, 15) is 5.11 Å². The highest BCUT2D eigenvalue weighted by Gasteiger charge is 2.17. The molecular formula is C26H31NO. The van der Waals surface area contributed by atoms with E-state index >= 15 is 0 Å². The minimum absolute atomic E-state index is 0.190. The van der Waals surface area contributed by atoms with Gasteiger partial charge in [-0.25, -0.2) is 0 Å². The maximum atomic E-state index is 10.5. The Balaban J connectivity index is 1.60. The van der Waals surface area contributed by atoms with Crippen LogP contribution >= 0.6 is 0 Å². The van der Waals surface area contributed by atoms with Crippen molar-refractivity contribution in [3.05, 3.63) is 101 Å². The molecule has 28 heavy (non-hydrogen) atoms. The van der Waals surface area contributed by atoms with E-state index in [2.05, 4.69) is 79.0 Å². The topological polar surface area (TPSA) is 32.3 Å². The second kappa shape index (κ2) is 10.1. The fourth-order valence-corrected chi connectivity index (χ4v) is 3.74. The average Bonchev–Trinajstić information content (AvgIpc) is 2.72. The highest BCUT2D eigenvalue weighted by Crippen LogP contribution is 2.34. The summed E-state index contributed by atoms with van der Waals surface area (Å²) in [5, 5.41) is 14.2. The van der Waals surface area contributed by atoms with Crippen molar-refractivity contribution < 1.29 is 5.11 Å². The molecule has 2 nitrogen and oxygen atoms in total. The summed E-state index contributed by atoms with van der Waals surface area (Å²) >= 11 is 0. The molecule has 0 spiro atoms. The van der Waals surface area contributed by atoms with Crippen LogP contribution in [0, 0.1) is 6.92 Å². The highest BCUT2D eigenvalue weighted by molar-refractivity contribution is 5.43. The zero-order valence-electron chi connectivity index (χ0n) is 16.9. The zero-order chi connectivity index (χ0) is 19.8. The SMILES string of the molecule is Cc1ccc(C(CCNC(C)CCc2ccccc2)c2ccccc2)c(O)c1. The van der Waals surface area contributed by atoms with Crippen LogP contribution in [0.1, 0.15) is 47.9 Å². The summed E-state index contributed by atoms with van der Waals surface area (Å²) in [6.45, 7) is 5.18. The molecule has 0 amide bonds. The largest absolute Gasteiger partial charge is 0.508 e. The van der Waals surface area contributed by atoms with Gasteiger partial charge in [-0.2, -0.15) is 0 Å². The number of rotatable bonds is 9. The number of hydrogen-bond donors (Lipinski definition) is 2. The molecule has 0 saturated carbocycles. The van der Waals surface area contributed by atoms with Gasteiger partial charge >= 0.3 is 0 Å². The van der Waals surface area contributed by atoms with Gasteiger partial charge in [-0.15, -0.1) is 0 Å². The first-order valence-corrected chi connectivity index (χ1v) is 10.2. The van der Waals surface area contributed by atoms with Gasteiger partial charge < -0.3 is 10.4 Å². The van der Waals surface area contributed by atoms with Gasteiger partial charge in [0.2, 0.25) is 0 Å². The lowest BCUT2D eigenvalue weighted by atomic mass is 9.87. The van der Waals surface area contributed by atoms with Gasteiger partial charge in [-0.3, -0.25) is 0 Å². The molecule has 0 fully saturated rings. The average molecular weight is 374 g/mol. The van der Waals surface area contributed by atoms with Crippen molar-refractivity contribution in [2.75, 3.05) is 6.54 Å². The van der Waals surface area contributed by atoms with Gasteiger partial charge in [0.15, 0.2) is 0 Å². The van der Waals surface area contributed by atoms with Crippen molar-refractivity contribution in [3.8, 4) is 5.75 Å². The number of hydrogen-bond acceptors (Lipinski definition) is 2. The number of aryl methyl sites for hydroxylation is 2. The number of aromatic hydroxyl groups is 1. The maximum absolute atomic E-state index is 10.5. The molecule has 2 unspecified atom stereocenters. The third-order valence-corrected chi connectivity index (χ3v) is 5.40. The molecule has 0 heterocycles. The molecule has 146 valence electrons. The van der Waals surface area contributed by atoms with E-state index in [0.717, 1.165) is 36.9 Å². The van der Waals surface area contributed by atoms with E-state index in [1.807, 2.05) is 19.1 Å². The second-order valence-electron chi connectivity index (χ2n) is 7.69. The molecule has 0 aliphatic rings. The van der Waals surface area contributed by atoms with Crippen LogP contribution in [-0.4, -0.2) is 17.7 Å². The molecule has 3 rings (SSSR count). The molecule has 2 atom stereocenters. The van der Waals surface area contributed by atoms with Crippen LogP contribution in [0.2, 0.25) is 0 Å². The molecule has 0 aliphatic carbocycles. The smallest absolute Gasteiger partial charge is 0.119 e. The Labute approximate surface area is 169 Å². The number of phenols is 1. The summed E-state index contributed by atoms with van der Waals surface area (Å²) in [5.74, 6) is 0.585. The molecule has 0 radical (unpaired) electrons. The predicted octanol–water partition coefficient (Wildman–Crippen LogP) is 5.83. The summed E-state index contributed by atoms with van der Waals surface area (Å²) in [6, 6.07) is 27.6. The molecule has 0 aromatic heterocycles. The van der Waals surface area contributed by atoms with Gasteiger partial charge in [0.1, 0.15) is 5.75 Å². The molecule has 0 saturated heterocycles. The van der Waals surface area contributed by atoms with Crippen molar-refractivity contribution >= 4 is 0 Å². The van der Waals surface area contributed by atoms with E-state index in [1.54, 1.807) is 0 Å². The molecule has 0 bridgehead atoms. The van der Waals surface area contributed by atoms with Crippen molar-refractivity contribution in [3.63, 3.8) is 0 Å². The predicted molar refractivity (Wildman–Crippen MR) is 118 cm³/mol. The second-order valence-corrected chi connectivity index (χ2v) is 7.69. The number of benzene rings is 3. The molecule has 0 aliphatic heterocycles. The minimum Gasteiger partial charge on any atom is -0.508 e. The standard InChI is InChI=1S/C26H31NO/c1-20-13-16-25(26(28)19-20)24(23-11-7-4-8-12-23)17-18-27-21(2)14-15-22-9-5-3-6-10-22/h3-13,16,19,21,24,27-28H,14-15,17-18H2,1-2H3. The van der Waals surface area contributed by atoms with Crippen LogP contribution < -0.4 is 5.32 Å². The fourth-order valence-electron chi connectivity index (χ4n) is 3.74. The van der Waals surface area contributed by atoms with Crippen LogP contribution in [0.15, 0.2) is 78.9 Å². The number of nitrogens with one attached hydrogen (secondary N) is 1. The van der Waals surface area contributed by atoms with Gasteiger partial charge in [-0.1, -0.05) is 72.8 Å². The Morgan fingerprint density at radius 1 is 0.857 bits per heavy atom. The Hall–Kier alpha value is -2.58. The van der Waals surface area contributed by atoms with Crippen molar-refractivity contribution in [1.82, 2.24) is 5.32 Å². The molecule has 3 aromatic rings. The quantitative estimate of drug-likeness (QED) is 0.494. The monoisotopic (exact) mass is 373 g/mol. The van der Waals surface area contributed by atoms with Crippen molar-refractivity contribution in [1.29, 1.82) is 0 Å². The molecule has 3 aromatic carbocycles. The summed E-state index contributed by atoms with van der Waals surface area (Å²) in [6.07, 6.45) is 3.17. The summed E-state index contributed by atoms with van der Waals surface area (Å²) in [7, 11) is 0. The maximum Gasteiger partial charge on any atom is 0.119 e. The van der Waals surface area contributed by atoms with Gasteiger partial charge in [0.25, 0.3) is 0 Å². The Morgan fingerprint density at radius 2 is 1.54 bits per heavy atom. The molecular weight excluding hydrogens is 342 g/mol. The Morgan fingerprint density at radius 3 is 2.21 bits per heavy atom. The van der Waals surface area contributed by atoms with Crippen LogP contribution in [0.25, 0.3) is 0 Å². The van der Waals surface area contributed by atoms with E-state index in [1.165, 1.54) is 11.1 Å². The Bertz CT molecular complexity index is 845. The minimum atomic E-state index is 0.190. The highest BCUT2D eigenvalue weighted by atomic mass is 16.3. The van der Waals surface area contributed by atoms with E-state index in [-0.39, 0.29) is 5.92 Å². The van der Waals surface area contributed by atoms with Crippen molar-refractivity contribution in [2.24, 2.45) is 0 Å². The summed E-state index contributed by atoms with van der Waals surface area (Å²) in [4.78, 5) is 0. The van der Waals surface area contributed by atoms with Gasteiger partial charge in [-0.05, 0) is 62.4 Å². The normalized spacial score (nSPS) is 13.2. The first-order chi connectivity index (χ1) is 13.6. The lowest BCUT2D eigenvalue weighted by molar-refractivity contribution is 0.456. The Kier molecular flexibility index (Phi) is 7.27. The van der Waals surface area contributed by atoms with Gasteiger partial charge in [0, 0.05) is 17.5 Å². The summed E-state index contributed by atoms with van der Waals surface area (Å²) in [5.41, 5.74) is 4.74. The van der Waals surface area contributed by atoms with Crippen molar-refractivity contribution in [2.45, 2.75) is 45.1 Å². The fraction of sp³-hybridized carbons (Fsp3) is 0.308. The lowest BCUT2D eigenvalue weighted by Crippen LogP contribution is -2.28. The molecule has 2 N–H and O–H groups in total. The zero-order valence-corrected chi connectivity index (χ0v) is 16.9. The summed E-state index contributed by atoms with van der Waals surface area (Å²) < 4.78 is 0. The number of phenolic OH excluding ortho intramolecular Hbond substituents is 1. The molecule has 2 heteroatoms. The van der Waals surface area contributed by atoms with E-state index in [0.29, 0.717) is 11.8 Å². The first kappa shape index (κ1) is 20.2. The van der Waals surface area contributed by atoms with Crippen LogP contribution in [0.5, 0.6) is 5.75 Å². The third kappa shape index (κ3) is 5.71. The third-order valence-electron chi connectivity index (χ3n) is 5.40. The van der Waals surface area contributed by atoms with Gasteiger partial charge in [0.05, 0.1) is 0 Å². The van der Waals surface area contributed by atoms with E-state index in [4.69, 9.17) is 0 Å².